The van der Waals surface area contributed by atoms with Gasteiger partial charge in [-0.25, -0.2) is 9.69 Å². The molecule has 1 saturated heterocycles. The van der Waals surface area contributed by atoms with Crippen LogP contribution >= 0.6 is 0 Å². The lowest BCUT2D eigenvalue weighted by atomic mass is 10.1. The van der Waals surface area contributed by atoms with Crippen LogP contribution in [-0.2, 0) is 9.59 Å². The third-order valence-electron chi connectivity index (χ3n) is 3.58. The van der Waals surface area contributed by atoms with Crippen LogP contribution in [0.2, 0.25) is 0 Å². The van der Waals surface area contributed by atoms with Crippen LogP contribution in [0.25, 0.3) is 0 Å². The third kappa shape index (κ3) is 3.39. The zero-order valence-electron chi connectivity index (χ0n) is 13.1. The molecule has 0 bridgehead atoms. The van der Waals surface area contributed by atoms with Crippen molar-refractivity contribution in [2.45, 2.75) is 19.8 Å². The van der Waals surface area contributed by atoms with Gasteiger partial charge in [-0.2, -0.15) is 0 Å². The van der Waals surface area contributed by atoms with Gasteiger partial charge in [-0.15, -0.1) is 0 Å². The van der Waals surface area contributed by atoms with Gasteiger partial charge in [-0.05, 0) is 30.7 Å². The van der Waals surface area contributed by atoms with Crippen LogP contribution in [0.5, 0.6) is 5.75 Å². The van der Waals surface area contributed by atoms with E-state index < -0.39 is 30.2 Å². The molecule has 122 valence electrons. The molecule has 7 nitrogen and oxygen atoms in total. The predicted molar refractivity (Wildman–Crippen MR) is 81.1 cm³/mol. The fourth-order valence-electron chi connectivity index (χ4n) is 2.22. The number of amides is 4. The Hall–Kier alpha value is -2.70. The van der Waals surface area contributed by atoms with Crippen molar-refractivity contribution in [2.75, 3.05) is 20.2 Å². The number of urea groups is 1. The molecule has 0 atom stereocenters. The smallest absolute Gasteiger partial charge is 0.334 e. The predicted octanol–water partition coefficient (Wildman–Crippen LogP) is 1.47. The molecular weight excluding hydrogens is 300 g/mol. The van der Waals surface area contributed by atoms with Crippen LogP contribution in [0.3, 0.4) is 0 Å². The molecule has 0 spiro atoms. The van der Waals surface area contributed by atoms with Gasteiger partial charge in [0.2, 0.25) is 0 Å². The number of hydrogen-bond donors (Lipinski definition) is 0. The van der Waals surface area contributed by atoms with Crippen LogP contribution in [-0.4, -0.2) is 53.6 Å². The molecule has 2 rings (SSSR count). The summed E-state index contributed by atoms with van der Waals surface area (Å²) in [5.41, 5.74) is 0.339. The summed E-state index contributed by atoms with van der Waals surface area (Å²) in [4.78, 5) is 49.7. The van der Waals surface area contributed by atoms with E-state index in [2.05, 4.69) is 0 Å². The number of methoxy groups -OCH3 is 1. The van der Waals surface area contributed by atoms with Gasteiger partial charge < -0.3 is 4.74 Å². The van der Waals surface area contributed by atoms with E-state index in [-0.39, 0.29) is 6.54 Å². The fourth-order valence-corrected chi connectivity index (χ4v) is 2.22. The highest BCUT2D eigenvalue weighted by Crippen LogP contribution is 2.16. The van der Waals surface area contributed by atoms with Gasteiger partial charge in [0, 0.05) is 12.1 Å². The van der Waals surface area contributed by atoms with Crippen molar-refractivity contribution in [1.29, 1.82) is 0 Å². The van der Waals surface area contributed by atoms with Crippen LogP contribution < -0.4 is 4.74 Å². The minimum Gasteiger partial charge on any atom is -0.497 e. The van der Waals surface area contributed by atoms with Crippen LogP contribution in [0.15, 0.2) is 24.3 Å². The van der Waals surface area contributed by atoms with E-state index in [4.69, 9.17) is 4.74 Å². The van der Waals surface area contributed by atoms with Crippen molar-refractivity contribution >= 4 is 23.6 Å². The Morgan fingerprint density at radius 1 is 1.04 bits per heavy atom. The molecule has 1 heterocycles. The first kappa shape index (κ1) is 16.7. The summed E-state index contributed by atoms with van der Waals surface area (Å²) >= 11 is 0. The molecule has 1 aromatic rings. The number of unbranched alkanes of at least 4 members (excludes halogenated alkanes) is 1. The van der Waals surface area contributed by atoms with Crippen molar-refractivity contribution in [3.05, 3.63) is 29.8 Å². The number of imide groups is 2. The number of carbonyl (C=O) groups excluding carboxylic acids is 4. The highest BCUT2D eigenvalue weighted by Gasteiger charge is 2.44. The lowest BCUT2D eigenvalue weighted by Gasteiger charge is -2.14. The van der Waals surface area contributed by atoms with Gasteiger partial charge in [0.1, 0.15) is 5.75 Å². The number of Topliss-reactive ketones (excluding diaryl/α,β-unsaturated/α-hetero) is 1. The average molecular weight is 318 g/mol. The summed E-state index contributed by atoms with van der Waals surface area (Å²) in [6.45, 7) is 1.66. The number of nitrogens with zero attached hydrogens (tertiary/aromatic N) is 2. The first-order valence-electron chi connectivity index (χ1n) is 7.34. The molecular formula is C16H18N2O5. The van der Waals surface area contributed by atoms with Crippen molar-refractivity contribution in [3.8, 4) is 5.75 Å². The minimum absolute atomic E-state index is 0.188. The number of rotatable bonds is 7. The van der Waals surface area contributed by atoms with E-state index in [0.717, 1.165) is 11.3 Å². The summed E-state index contributed by atoms with van der Waals surface area (Å²) in [6.07, 6.45) is 1.40. The van der Waals surface area contributed by atoms with E-state index in [0.29, 0.717) is 22.6 Å². The maximum Gasteiger partial charge on any atom is 0.334 e. The molecule has 0 radical (unpaired) electrons. The minimum atomic E-state index is -0.951. The molecule has 1 fully saturated rings. The third-order valence-corrected chi connectivity index (χ3v) is 3.58. The van der Waals surface area contributed by atoms with E-state index in [9.17, 15) is 19.2 Å². The van der Waals surface area contributed by atoms with Gasteiger partial charge in [-0.3, -0.25) is 19.3 Å². The van der Waals surface area contributed by atoms with Gasteiger partial charge in [0.05, 0.1) is 13.7 Å². The summed E-state index contributed by atoms with van der Waals surface area (Å²) < 4.78 is 5.00. The molecule has 0 aliphatic carbocycles. The quantitative estimate of drug-likeness (QED) is 0.432. The zero-order valence-corrected chi connectivity index (χ0v) is 13.1. The number of hydrogen-bond acceptors (Lipinski definition) is 5. The first-order valence-corrected chi connectivity index (χ1v) is 7.34. The Morgan fingerprint density at radius 2 is 1.65 bits per heavy atom. The molecule has 1 aromatic carbocycles. The Labute approximate surface area is 133 Å². The Bertz CT molecular complexity index is 638. The van der Waals surface area contributed by atoms with Gasteiger partial charge >= 0.3 is 17.8 Å². The standard InChI is InChI=1S/C16H18N2O5/c1-3-4-9-17-14(20)15(21)18(16(17)22)10-13(19)11-5-7-12(23-2)8-6-11/h5-8H,3-4,9-10H2,1-2H3. The second-order valence-corrected chi connectivity index (χ2v) is 5.14. The normalized spacial score (nSPS) is 14.6. The molecule has 0 N–H and O–H groups in total. The van der Waals surface area contributed by atoms with Crippen molar-refractivity contribution in [1.82, 2.24) is 9.80 Å². The highest BCUT2D eigenvalue weighted by molar-refractivity contribution is 6.45. The second kappa shape index (κ2) is 7.04. The van der Waals surface area contributed by atoms with Crippen LogP contribution in [0.4, 0.5) is 4.79 Å². The molecule has 0 saturated carbocycles. The number of benzene rings is 1. The first-order chi connectivity index (χ1) is 11.0. The second-order valence-electron chi connectivity index (χ2n) is 5.14. The summed E-state index contributed by atoms with van der Waals surface area (Å²) in [5.74, 6) is -1.64. The summed E-state index contributed by atoms with van der Waals surface area (Å²) in [7, 11) is 1.51. The SMILES string of the molecule is CCCCN1C(=O)C(=O)N(CC(=O)c2ccc(OC)cc2)C1=O. The number of ether oxygens (including phenoxy) is 1. The van der Waals surface area contributed by atoms with E-state index >= 15 is 0 Å². The van der Waals surface area contributed by atoms with Crippen LogP contribution in [0, 0.1) is 0 Å². The van der Waals surface area contributed by atoms with E-state index in [1.165, 1.54) is 7.11 Å². The number of ketones is 1. The maximum absolute atomic E-state index is 12.2. The molecule has 0 aromatic heterocycles. The highest BCUT2D eigenvalue weighted by atomic mass is 16.5. The average Bonchev–Trinajstić information content (AvgIpc) is 2.77. The lowest BCUT2D eigenvalue weighted by Crippen LogP contribution is -2.37. The van der Waals surface area contributed by atoms with E-state index in [1.54, 1.807) is 24.3 Å². The zero-order chi connectivity index (χ0) is 17.0. The lowest BCUT2D eigenvalue weighted by molar-refractivity contribution is -0.143. The molecule has 7 heteroatoms. The number of carbonyl (C=O) groups is 4. The summed E-state index contributed by atoms with van der Waals surface area (Å²) in [5, 5.41) is 0. The Kier molecular flexibility index (Phi) is 5.10. The topological polar surface area (TPSA) is 84.0 Å². The molecule has 1 aliphatic heterocycles. The molecule has 23 heavy (non-hydrogen) atoms. The fraction of sp³-hybridized carbons (Fsp3) is 0.375. The van der Waals surface area contributed by atoms with Crippen molar-refractivity contribution < 1.29 is 23.9 Å². The Morgan fingerprint density at radius 3 is 2.22 bits per heavy atom. The maximum atomic E-state index is 12.2. The van der Waals surface area contributed by atoms with Gasteiger partial charge in [0.15, 0.2) is 5.78 Å². The van der Waals surface area contributed by atoms with Crippen molar-refractivity contribution in [2.24, 2.45) is 0 Å². The largest absolute Gasteiger partial charge is 0.497 e. The Balaban J connectivity index is 2.09. The van der Waals surface area contributed by atoms with Crippen LogP contribution in [0.1, 0.15) is 30.1 Å². The van der Waals surface area contributed by atoms with E-state index in [1.807, 2.05) is 6.92 Å². The summed E-state index contributed by atoms with van der Waals surface area (Å²) in [6, 6.07) is 5.58. The molecule has 1 aliphatic rings. The van der Waals surface area contributed by atoms with Gasteiger partial charge in [0.25, 0.3) is 0 Å². The monoisotopic (exact) mass is 318 g/mol. The molecule has 4 amide bonds. The van der Waals surface area contributed by atoms with Crippen molar-refractivity contribution in [3.63, 3.8) is 0 Å². The molecule has 0 unspecified atom stereocenters. The van der Waals surface area contributed by atoms with Gasteiger partial charge in [-0.1, -0.05) is 13.3 Å².